The van der Waals surface area contributed by atoms with Crippen molar-refractivity contribution in [3.8, 4) is 0 Å². The number of anilines is 1. The van der Waals surface area contributed by atoms with Crippen molar-refractivity contribution in [3.05, 3.63) is 29.1 Å². The Labute approximate surface area is 119 Å². The minimum atomic E-state index is -2.12. The molecule has 2 nitrogen and oxygen atoms in total. The topological polar surface area (TPSA) is 15.3 Å². The number of nitrogens with zero attached hydrogens (tertiary/aromatic N) is 1. The Bertz CT molecular complexity index is 494. The lowest BCUT2D eigenvalue weighted by molar-refractivity contribution is 0.366. The summed E-state index contributed by atoms with van der Waals surface area (Å²) in [5, 5.41) is 3.20. The maximum absolute atomic E-state index is 13.9. The molecule has 2 rings (SSSR count). The molecule has 1 aromatic carbocycles. The summed E-state index contributed by atoms with van der Waals surface area (Å²) in [6, 6.07) is 0. The van der Waals surface area contributed by atoms with Crippen molar-refractivity contribution in [2.45, 2.75) is 13.8 Å². The van der Waals surface area contributed by atoms with E-state index in [1.165, 1.54) is 4.90 Å². The van der Waals surface area contributed by atoms with Crippen molar-refractivity contribution < 1.29 is 22.0 Å². The van der Waals surface area contributed by atoms with Crippen molar-refractivity contribution in [2.24, 2.45) is 11.8 Å². The molecule has 0 bridgehead atoms. The highest BCUT2D eigenvalue weighted by atomic mass is 19.2. The van der Waals surface area contributed by atoms with Gasteiger partial charge in [-0.15, -0.1) is 0 Å². The Balaban J connectivity index is 2.47. The Morgan fingerprint density at radius 2 is 1.14 bits per heavy atom. The predicted octanol–water partition coefficient (Wildman–Crippen LogP) is 3.06. The molecule has 0 aliphatic carbocycles. The van der Waals surface area contributed by atoms with E-state index in [1.54, 1.807) is 0 Å². The summed E-state index contributed by atoms with van der Waals surface area (Å²) < 4.78 is 67.6. The number of rotatable bonds is 1. The summed E-state index contributed by atoms with van der Waals surface area (Å²) in [6.07, 6.45) is 0. The molecule has 118 valence electrons. The first-order valence-electron chi connectivity index (χ1n) is 6.80. The highest BCUT2D eigenvalue weighted by Gasteiger charge is 2.30. The van der Waals surface area contributed by atoms with Gasteiger partial charge < -0.3 is 10.2 Å². The van der Waals surface area contributed by atoms with E-state index in [0.717, 1.165) is 0 Å². The monoisotopic (exact) mass is 308 g/mol. The van der Waals surface area contributed by atoms with Crippen LogP contribution in [0.5, 0.6) is 0 Å². The molecule has 21 heavy (non-hydrogen) atoms. The van der Waals surface area contributed by atoms with E-state index in [2.05, 4.69) is 5.32 Å². The number of benzene rings is 1. The zero-order valence-corrected chi connectivity index (χ0v) is 11.8. The minimum absolute atomic E-state index is 0.0208. The molecule has 1 saturated heterocycles. The van der Waals surface area contributed by atoms with Crippen molar-refractivity contribution >= 4 is 5.69 Å². The fourth-order valence-electron chi connectivity index (χ4n) is 2.59. The molecule has 7 heteroatoms. The minimum Gasteiger partial charge on any atom is -0.366 e. The normalized spacial score (nSPS) is 23.9. The molecule has 2 unspecified atom stereocenters. The first kappa shape index (κ1) is 16.0. The summed E-state index contributed by atoms with van der Waals surface area (Å²) in [6.45, 7) is 5.38. The molecule has 1 N–H and O–H groups in total. The van der Waals surface area contributed by atoms with Gasteiger partial charge in [-0.3, -0.25) is 0 Å². The second kappa shape index (κ2) is 6.17. The number of halogens is 5. The summed E-state index contributed by atoms with van der Waals surface area (Å²) >= 11 is 0. The van der Waals surface area contributed by atoms with E-state index >= 15 is 0 Å². The van der Waals surface area contributed by atoms with Gasteiger partial charge in [0, 0.05) is 13.1 Å². The fraction of sp³-hybridized carbons (Fsp3) is 0.571. The van der Waals surface area contributed by atoms with Gasteiger partial charge in [-0.25, -0.2) is 22.0 Å². The smallest absolute Gasteiger partial charge is 0.200 e. The van der Waals surface area contributed by atoms with Crippen LogP contribution in [0.1, 0.15) is 13.8 Å². The Hall–Kier alpha value is -1.37. The molecule has 2 atom stereocenters. The van der Waals surface area contributed by atoms with E-state index in [-0.39, 0.29) is 24.9 Å². The molecule has 1 aromatic rings. The molecule has 0 amide bonds. The van der Waals surface area contributed by atoms with Crippen LogP contribution < -0.4 is 10.2 Å². The molecule has 0 radical (unpaired) electrons. The van der Waals surface area contributed by atoms with Gasteiger partial charge >= 0.3 is 0 Å². The largest absolute Gasteiger partial charge is 0.366 e. The standard InChI is InChI=1S/C14H17F5N2/c1-7-3-20-4-8(2)6-21(5-7)14-12(18)10(16)9(15)11(17)13(14)19/h7-8,20H,3-6H2,1-2H3. The second-order valence-electron chi connectivity index (χ2n) is 5.69. The molecule has 0 spiro atoms. The fourth-order valence-corrected chi connectivity index (χ4v) is 2.59. The Kier molecular flexibility index (Phi) is 4.70. The summed E-state index contributed by atoms with van der Waals surface area (Å²) in [5.41, 5.74) is -0.827. The number of hydrogen-bond donors (Lipinski definition) is 1. The lowest BCUT2D eigenvalue weighted by Crippen LogP contribution is -2.43. The average Bonchev–Trinajstić information content (AvgIpc) is 2.41. The van der Waals surface area contributed by atoms with Gasteiger partial charge in [-0.05, 0) is 24.9 Å². The quantitative estimate of drug-likeness (QED) is 0.487. The molecule has 1 aliphatic heterocycles. The SMILES string of the molecule is CC1CNCC(C)CN(c2c(F)c(F)c(F)c(F)c2F)C1. The molecule has 1 fully saturated rings. The Morgan fingerprint density at radius 3 is 1.57 bits per heavy atom. The summed E-state index contributed by atoms with van der Waals surface area (Å²) in [7, 11) is 0. The van der Waals surface area contributed by atoms with Crippen LogP contribution in [0.2, 0.25) is 0 Å². The third-order valence-corrected chi connectivity index (χ3v) is 3.55. The van der Waals surface area contributed by atoms with E-state index < -0.39 is 34.8 Å². The lowest BCUT2D eigenvalue weighted by Gasteiger charge is -2.34. The van der Waals surface area contributed by atoms with Crippen LogP contribution in [-0.4, -0.2) is 26.2 Å². The second-order valence-corrected chi connectivity index (χ2v) is 5.69. The van der Waals surface area contributed by atoms with Crippen molar-refractivity contribution in [1.29, 1.82) is 0 Å². The van der Waals surface area contributed by atoms with Crippen molar-refractivity contribution in [2.75, 3.05) is 31.1 Å². The van der Waals surface area contributed by atoms with Gasteiger partial charge in [0.05, 0.1) is 0 Å². The van der Waals surface area contributed by atoms with Gasteiger partial charge in [0.15, 0.2) is 23.3 Å². The van der Waals surface area contributed by atoms with Crippen LogP contribution in [0.15, 0.2) is 0 Å². The van der Waals surface area contributed by atoms with E-state index in [9.17, 15) is 22.0 Å². The maximum atomic E-state index is 13.9. The van der Waals surface area contributed by atoms with Crippen LogP contribution >= 0.6 is 0 Å². The molecular formula is C14H17F5N2. The average molecular weight is 308 g/mol. The van der Waals surface area contributed by atoms with Crippen LogP contribution in [0.25, 0.3) is 0 Å². The lowest BCUT2D eigenvalue weighted by atomic mass is 10.0. The van der Waals surface area contributed by atoms with E-state index in [0.29, 0.717) is 13.1 Å². The summed E-state index contributed by atoms with van der Waals surface area (Å²) in [5.74, 6) is -9.41. The molecule has 0 saturated carbocycles. The van der Waals surface area contributed by atoms with Crippen LogP contribution in [0.3, 0.4) is 0 Å². The zero-order valence-electron chi connectivity index (χ0n) is 11.8. The van der Waals surface area contributed by atoms with Gasteiger partial charge in [-0.1, -0.05) is 13.8 Å². The van der Waals surface area contributed by atoms with E-state index in [4.69, 9.17) is 0 Å². The maximum Gasteiger partial charge on any atom is 0.200 e. The highest BCUT2D eigenvalue weighted by molar-refractivity contribution is 5.50. The first-order valence-corrected chi connectivity index (χ1v) is 6.80. The molecular weight excluding hydrogens is 291 g/mol. The first-order chi connectivity index (χ1) is 9.82. The number of nitrogens with one attached hydrogen (secondary N) is 1. The van der Waals surface area contributed by atoms with Crippen LogP contribution in [0, 0.1) is 40.9 Å². The third kappa shape index (κ3) is 3.12. The Morgan fingerprint density at radius 1 is 0.762 bits per heavy atom. The van der Waals surface area contributed by atoms with Crippen LogP contribution in [0.4, 0.5) is 27.6 Å². The summed E-state index contributed by atoms with van der Waals surface area (Å²) in [4.78, 5) is 1.26. The van der Waals surface area contributed by atoms with Gasteiger partial charge in [-0.2, -0.15) is 0 Å². The van der Waals surface area contributed by atoms with Crippen molar-refractivity contribution in [1.82, 2.24) is 5.32 Å². The zero-order chi connectivity index (χ0) is 15.7. The van der Waals surface area contributed by atoms with Gasteiger partial charge in [0.25, 0.3) is 0 Å². The highest BCUT2D eigenvalue weighted by Crippen LogP contribution is 2.31. The molecule has 1 aliphatic rings. The predicted molar refractivity (Wildman–Crippen MR) is 69.6 cm³/mol. The molecule has 1 heterocycles. The van der Waals surface area contributed by atoms with E-state index in [1.807, 2.05) is 13.8 Å². The molecule has 0 aromatic heterocycles. The van der Waals surface area contributed by atoms with Crippen LogP contribution in [-0.2, 0) is 0 Å². The third-order valence-electron chi connectivity index (χ3n) is 3.55. The van der Waals surface area contributed by atoms with Gasteiger partial charge in [0.1, 0.15) is 5.69 Å². The van der Waals surface area contributed by atoms with Crippen molar-refractivity contribution in [3.63, 3.8) is 0 Å². The number of hydrogen-bond acceptors (Lipinski definition) is 2. The van der Waals surface area contributed by atoms with Gasteiger partial charge in [0.2, 0.25) is 5.82 Å².